The zero-order chi connectivity index (χ0) is 13.6. The fourth-order valence-corrected chi connectivity index (χ4v) is 1.69. The van der Waals surface area contributed by atoms with Gasteiger partial charge in [-0.25, -0.2) is 0 Å². The summed E-state index contributed by atoms with van der Waals surface area (Å²) < 4.78 is 5.33. The average Bonchev–Trinajstić information content (AvgIpc) is 2.44. The van der Waals surface area contributed by atoms with Gasteiger partial charge in [0.1, 0.15) is 11.3 Å². The Kier molecular flexibility index (Phi) is 4.99. The van der Waals surface area contributed by atoms with E-state index in [0.717, 1.165) is 24.4 Å². The van der Waals surface area contributed by atoms with E-state index in [1.54, 1.807) is 7.11 Å². The van der Waals surface area contributed by atoms with Crippen LogP contribution in [0.3, 0.4) is 0 Å². The van der Waals surface area contributed by atoms with Crippen molar-refractivity contribution in [2.45, 2.75) is 18.9 Å². The van der Waals surface area contributed by atoms with Crippen molar-refractivity contribution in [2.75, 3.05) is 32.6 Å². The van der Waals surface area contributed by atoms with Crippen LogP contribution in [0, 0.1) is 11.3 Å². The molecule has 4 heteroatoms. The van der Waals surface area contributed by atoms with Crippen LogP contribution in [0.15, 0.2) is 24.3 Å². The molecule has 0 radical (unpaired) electrons. The summed E-state index contributed by atoms with van der Waals surface area (Å²) in [5.41, 5.74) is 0.549. The standard InChI is InChI=1S/C14H21N3O/c1-14(11-15,16-2)9-10-17(3)12-7-5-6-8-13(12)18-4/h5-8,16H,9-10H2,1-4H3. The molecule has 0 aliphatic heterocycles. The summed E-state index contributed by atoms with van der Waals surface area (Å²) in [6, 6.07) is 10.2. The first kappa shape index (κ1) is 14.3. The molecule has 1 aromatic carbocycles. The highest BCUT2D eigenvalue weighted by Crippen LogP contribution is 2.27. The number of anilines is 1. The molecule has 1 rings (SSSR count). The van der Waals surface area contributed by atoms with Gasteiger partial charge in [-0.3, -0.25) is 0 Å². The van der Waals surface area contributed by atoms with Crippen LogP contribution in [0.5, 0.6) is 5.75 Å². The van der Waals surface area contributed by atoms with E-state index in [1.165, 1.54) is 0 Å². The maximum Gasteiger partial charge on any atom is 0.142 e. The number of nitrogens with one attached hydrogen (secondary N) is 1. The van der Waals surface area contributed by atoms with E-state index >= 15 is 0 Å². The van der Waals surface area contributed by atoms with Gasteiger partial charge in [-0.1, -0.05) is 12.1 Å². The Morgan fingerprint density at radius 2 is 2.11 bits per heavy atom. The number of benzene rings is 1. The van der Waals surface area contributed by atoms with Gasteiger partial charge in [0.15, 0.2) is 0 Å². The van der Waals surface area contributed by atoms with E-state index in [1.807, 2.05) is 45.3 Å². The van der Waals surface area contributed by atoms with E-state index in [4.69, 9.17) is 10.00 Å². The number of rotatable bonds is 6. The molecule has 0 fully saturated rings. The molecule has 0 aliphatic rings. The predicted octanol–water partition coefficient (Wildman–Crippen LogP) is 2.02. The van der Waals surface area contributed by atoms with E-state index in [-0.39, 0.29) is 0 Å². The molecule has 0 amide bonds. The summed E-state index contributed by atoms with van der Waals surface area (Å²) in [7, 11) is 5.48. The molecule has 1 aromatic rings. The van der Waals surface area contributed by atoms with Crippen molar-refractivity contribution < 1.29 is 4.74 Å². The minimum absolute atomic E-state index is 0.490. The second-order valence-corrected chi connectivity index (χ2v) is 4.54. The number of para-hydroxylation sites is 2. The molecule has 0 heterocycles. The Balaban J connectivity index is 2.72. The van der Waals surface area contributed by atoms with Crippen molar-refractivity contribution >= 4 is 5.69 Å². The highest BCUT2D eigenvalue weighted by molar-refractivity contribution is 5.57. The Labute approximate surface area is 109 Å². The smallest absolute Gasteiger partial charge is 0.142 e. The fourth-order valence-electron chi connectivity index (χ4n) is 1.69. The van der Waals surface area contributed by atoms with E-state index in [9.17, 15) is 0 Å². The predicted molar refractivity (Wildman–Crippen MR) is 74.0 cm³/mol. The maximum absolute atomic E-state index is 9.11. The van der Waals surface area contributed by atoms with Crippen LogP contribution < -0.4 is 15.0 Å². The molecule has 0 spiro atoms. The number of methoxy groups -OCH3 is 1. The number of ether oxygens (including phenoxy) is 1. The molecule has 1 atom stereocenters. The third-order valence-corrected chi connectivity index (χ3v) is 3.24. The average molecular weight is 247 g/mol. The Morgan fingerprint density at radius 3 is 2.67 bits per heavy atom. The summed E-state index contributed by atoms with van der Waals surface area (Å²) in [6.07, 6.45) is 0.745. The lowest BCUT2D eigenvalue weighted by atomic mass is 10.00. The van der Waals surface area contributed by atoms with Gasteiger partial charge in [0, 0.05) is 13.6 Å². The van der Waals surface area contributed by atoms with Crippen molar-refractivity contribution in [3.05, 3.63) is 24.3 Å². The van der Waals surface area contributed by atoms with Gasteiger partial charge in [0.05, 0.1) is 18.9 Å². The van der Waals surface area contributed by atoms with E-state index in [0.29, 0.717) is 0 Å². The molecule has 1 N–H and O–H groups in total. The first-order valence-corrected chi connectivity index (χ1v) is 6.00. The number of nitrogens with zero attached hydrogens (tertiary/aromatic N) is 2. The van der Waals surface area contributed by atoms with E-state index < -0.39 is 5.54 Å². The van der Waals surface area contributed by atoms with Crippen LogP contribution in [0.1, 0.15) is 13.3 Å². The van der Waals surface area contributed by atoms with Crippen LogP contribution in [-0.2, 0) is 0 Å². The van der Waals surface area contributed by atoms with Crippen molar-refractivity contribution in [1.82, 2.24) is 5.32 Å². The van der Waals surface area contributed by atoms with Crippen molar-refractivity contribution in [3.63, 3.8) is 0 Å². The van der Waals surface area contributed by atoms with Crippen molar-refractivity contribution in [2.24, 2.45) is 0 Å². The minimum atomic E-state index is -0.490. The number of hydrogen-bond acceptors (Lipinski definition) is 4. The third-order valence-electron chi connectivity index (χ3n) is 3.24. The molecule has 18 heavy (non-hydrogen) atoms. The molecule has 1 unspecified atom stereocenters. The third kappa shape index (κ3) is 3.38. The largest absolute Gasteiger partial charge is 0.495 e. The molecule has 0 saturated carbocycles. The van der Waals surface area contributed by atoms with Crippen LogP contribution in [0.2, 0.25) is 0 Å². The molecule has 0 aromatic heterocycles. The van der Waals surface area contributed by atoms with Crippen LogP contribution in [0.4, 0.5) is 5.69 Å². The van der Waals surface area contributed by atoms with Crippen LogP contribution >= 0.6 is 0 Å². The lowest BCUT2D eigenvalue weighted by molar-refractivity contribution is 0.413. The number of nitriles is 1. The molecule has 0 saturated heterocycles. The Bertz CT molecular complexity index is 427. The number of hydrogen-bond donors (Lipinski definition) is 1. The second kappa shape index (κ2) is 6.27. The SMILES string of the molecule is CNC(C)(C#N)CCN(C)c1ccccc1OC. The van der Waals surface area contributed by atoms with Gasteiger partial charge in [-0.05, 0) is 32.5 Å². The summed E-state index contributed by atoms with van der Waals surface area (Å²) in [4.78, 5) is 2.10. The zero-order valence-corrected chi connectivity index (χ0v) is 11.5. The van der Waals surface area contributed by atoms with Crippen LogP contribution in [-0.4, -0.2) is 33.3 Å². The molecule has 98 valence electrons. The quantitative estimate of drug-likeness (QED) is 0.835. The molecule has 0 aliphatic carbocycles. The van der Waals surface area contributed by atoms with Gasteiger partial charge in [-0.15, -0.1) is 0 Å². The fraction of sp³-hybridized carbons (Fsp3) is 0.500. The monoisotopic (exact) mass is 247 g/mol. The van der Waals surface area contributed by atoms with Gasteiger partial charge in [-0.2, -0.15) is 5.26 Å². The summed E-state index contributed by atoms with van der Waals surface area (Å²) in [5.74, 6) is 0.850. The normalized spacial score (nSPS) is 13.5. The maximum atomic E-state index is 9.11. The molecular weight excluding hydrogens is 226 g/mol. The minimum Gasteiger partial charge on any atom is -0.495 e. The highest BCUT2D eigenvalue weighted by Gasteiger charge is 2.21. The summed E-state index contributed by atoms with van der Waals surface area (Å²) >= 11 is 0. The topological polar surface area (TPSA) is 48.3 Å². The first-order valence-electron chi connectivity index (χ1n) is 6.00. The Hall–Kier alpha value is -1.73. The lowest BCUT2D eigenvalue weighted by Gasteiger charge is -2.26. The van der Waals surface area contributed by atoms with Crippen molar-refractivity contribution in [3.8, 4) is 11.8 Å². The molecule has 4 nitrogen and oxygen atoms in total. The Morgan fingerprint density at radius 1 is 1.44 bits per heavy atom. The molecule has 0 bridgehead atoms. The van der Waals surface area contributed by atoms with Gasteiger partial charge in [0.25, 0.3) is 0 Å². The summed E-state index contributed by atoms with van der Waals surface area (Å²) in [6.45, 7) is 2.69. The first-order chi connectivity index (χ1) is 8.56. The summed E-state index contributed by atoms with van der Waals surface area (Å²) in [5, 5.41) is 12.2. The van der Waals surface area contributed by atoms with Crippen molar-refractivity contribution in [1.29, 1.82) is 5.26 Å². The van der Waals surface area contributed by atoms with Gasteiger partial charge >= 0.3 is 0 Å². The van der Waals surface area contributed by atoms with Gasteiger partial charge in [0.2, 0.25) is 0 Å². The molecular formula is C14H21N3O. The second-order valence-electron chi connectivity index (χ2n) is 4.54. The lowest BCUT2D eigenvalue weighted by Crippen LogP contribution is -2.41. The van der Waals surface area contributed by atoms with E-state index in [2.05, 4.69) is 16.3 Å². The van der Waals surface area contributed by atoms with Crippen LogP contribution in [0.25, 0.3) is 0 Å². The van der Waals surface area contributed by atoms with Gasteiger partial charge < -0.3 is 15.0 Å². The highest BCUT2D eigenvalue weighted by atomic mass is 16.5. The zero-order valence-electron chi connectivity index (χ0n) is 11.5.